The molecule has 0 saturated heterocycles. The molecule has 0 aromatic heterocycles. The minimum Gasteiger partial charge on any atom is -0.334 e. The summed E-state index contributed by atoms with van der Waals surface area (Å²) < 4.78 is 0. The zero-order chi connectivity index (χ0) is 21.3. The number of para-hydroxylation sites is 1. The summed E-state index contributed by atoms with van der Waals surface area (Å²) in [6.07, 6.45) is 0. The smallest absolute Gasteiger partial charge is 0.317 e. The third-order valence-corrected chi connectivity index (χ3v) is 6.50. The lowest BCUT2D eigenvalue weighted by Gasteiger charge is -2.30. The van der Waals surface area contributed by atoms with Crippen LogP contribution in [0, 0.1) is 20.8 Å². The van der Waals surface area contributed by atoms with Crippen LogP contribution in [0.4, 0.5) is 16.2 Å². The van der Waals surface area contributed by atoms with Crippen molar-refractivity contribution in [3.8, 4) is 0 Å². The standard InChI is InChI=1S/C24H24ClN3OS/c1-15-12-16(2)22(17(3)13-15)28-20-6-4-5-7-21(20)30-24(28)27-23(29)26-14-18-8-10-19(25)11-9-18/h4-13,24H,14H2,1-3H3,(H2,26,27,29). The van der Waals surface area contributed by atoms with E-state index in [2.05, 4.69) is 60.6 Å². The molecule has 4 rings (SSSR count). The van der Waals surface area contributed by atoms with Crippen LogP contribution in [0.25, 0.3) is 0 Å². The van der Waals surface area contributed by atoms with E-state index in [1.54, 1.807) is 11.8 Å². The Labute approximate surface area is 186 Å². The summed E-state index contributed by atoms with van der Waals surface area (Å²) in [5.74, 6) is 0. The van der Waals surface area contributed by atoms with Crippen LogP contribution < -0.4 is 15.5 Å². The van der Waals surface area contributed by atoms with Gasteiger partial charge < -0.3 is 15.5 Å². The summed E-state index contributed by atoms with van der Waals surface area (Å²) in [6, 6.07) is 19.9. The maximum atomic E-state index is 12.7. The fraction of sp³-hybridized carbons (Fsp3) is 0.208. The molecule has 3 aromatic carbocycles. The Kier molecular flexibility index (Phi) is 5.93. The molecule has 4 nitrogen and oxygen atoms in total. The van der Waals surface area contributed by atoms with Crippen LogP contribution in [0.1, 0.15) is 22.3 Å². The Hall–Kier alpha value is -2.63. The summed E-state index contributed by atoms with van der Waals surface area (Å²) in [5, 5.41) is 6.77. The van der Waals surface area contributed by atoms with Crippen molar-refractivity contribution in [1.82, 2.24) is 10.6 Å². The molecule has 1 heterocycles. The monoisotopic (exact) mass is 437 g/mol. The average molecular weight is 438 g/mol. The number of hydrogen-bond acceptors (Lipinski definition) is 3. The highest BCUT2D eigenvalue weighted by atomic mass is 35.5. The Morgan fingerprint density at radius 2 is 1.70 bits per heavy atom. The van der Waals surface area contributed by atoms with Gasteiger partial charge in [-0.1, -0.05) is 65.3 Å². The van der Waals surface area contributed by atoms with Gasteiger partial charge >= 0.3 is 6.03 Å². The van der Waals surface area contributed by atoms with E-state index in [9.17, 15) is 4.79 Å². The van der Waals surface area contributed by atoms with Crippen molar-refractivity contribution >= 4 is 40.8 Å². The van der Waals surface area contributed by atoms with Gasteiger partial charge in [-0.05, 0) is 61.7 Å². The molecule has 154 valence electrons. The number of hydrogen-bond donors (Lipinski definition) is 2. The predicted octanol–water partition coefficient (Wildman–Crippen LogP) is 6.29. The highest BCUT2D eigenvalue weighted by Gasteiger charge is 2.33. The lowest BCUT2D eigenvalue weighted by atomic mass is 10.0. The summed E-state index contributed by atoms with van der Waals surface area (Å²) in [6.45, 7) is 6.80. The van der Waals surface area contributed by atoms with Crippen molar-refractivity contribution in [1.29, 1.82) is 0 Å². The van der Waals surface area contributed by atoms with Gasteiger partial charge in [0.2, 0.25) is 0 Å². The van der Waals surface area contributed by atoms with E-state index >= 15 is 0 Å². The molecule has 0 aliphatic carbocycles. The number of thioether (sulfide) groups is 1. The molecule has 1 aliphatic rings. The van der Waals surface area contributed by atoms with Gasteiger partial charge in [-0.3, -0.25) is 0 Å². The fourth-order valence-corrected chi connectivity index (χ4v) is 5.19. The van der Waals surface area contributed by atoms with Crippen molar-refractivity contribution in [2.75, 3.05) is 4.90 Å². The minimum atomic E-state index is -0.229. The highest BCUT2D eigenvalue weighted by molar-refractivity contribution is 8.00. The Balaban J connectivity index is 1.56. The number of carbonyl (C=O) groups is 1. The second kappa shape index (κ2) is 8.62. The van der Waals surface area contributed by atoms with Crippen molar-refractivity contribution in [3.05, 3.63) is 87.9 Å². The second-order valence-corrected chi connectivity index (χ2v) is 9.07. The number of nitrogens with one attached hydrogen (secondary N) is 2. The van der Waals surface area contributed by atoms with Gasteiger partial charge in [0, 0.05) is 22.2 Å². The molecular weight excluding hydrogens is 414 g/mol. The number of aryl methyl sites for hydroxylation is 3. The van der Waals surface area contributed by atoms with Crippen LogP contribution >= 0.6 is 23.4 Å². The molecule has 0 spiro atoms. The largest absolute Gasteiger partial charge is 0.334 e. The maximum Gasteiger partial charge on any atom is 0.317 e. The lowest BCUT2D eigenvalue weighted by Crippen LogP contribution is -2.46. The molecular formula is C24H24ClN3OS. The first-order valence-corrected chi connectivity index (χ1v) is 11.1. The molecule has 3 aromatic rings. The molecule has 0 fully saturated rings. The third kappa shape index (κ3) is 4.27. The van der Waals surface area contributed by atoms with Crippen LogP contribution in [0.3, 0.4) is 0 Å². The first-order valence-electron chi connectivity index (χ1n) is 9.84. The van der Waals surface area contributed by atoms with E-state index < -0.39 is 0 Å². The Morgan fingerprint density at radius 1 is 1.03 bits per heavy atom. The van der Waals surface area contributed by atoms with Crippen LogP contribution in [-0.4, -0.2) is 11.5 Å². The van der Waals surface area contributed by atoms with Crippen molar-refractivity contribution in [2.24, 2.45) is 0 Å². The Morgan fingerprint density at radius 3 is 2.40 bits per heavy atom. The molecule has 0 radical (unpaired) electrons. The van der Waals surface area contributed by atoms with E-state index in [0.717, 1.165) is 21.8 Å². The van der Waals surface area contributed by atoms with E-state index in [4.69, 9.17) is 11.6 Å². The quantitative estimate of drug-likeness (QED) is 0.504. The molecule has 1 aliphatic heterocycles. The fourth-order valence-electron chi connectivity index (χ4n) is 3.89. The van der Waals surface area contributed by atoms with E-state index in [1.165, 1.54) is 16.7 Å². The summed E-state index contributed by atoms with van der Waals surface area (Å²) in [7, 11) is 0. The number of benzene rings is 3. The van der Waals surface area contributed by atoms with Crippen molar-refractivity contribution in [2.45, 2.75) is 37.7 Å². The first kappa shape index (κ1) is 20.6. The molecule has 1 atom stereocenters. The molecule has 0 saturated carbocycles. The van der Waals surface area contributed by atoms with Gasteiger partial charge in [0.25, 0.3) is 0 Å². The highest BCUT2D eigenvalue weighted by Crippen LogP contribution is 2.48. The topological polar surface area (TPSA) is 44.4 Å². The molecule has 2 amide bonds. The Bertz CT molecular complexity index is 1060. The summed E-state index contributed by atoms with van der Waals surface area (Å²) in [5.41, 5.74) is 6.64. The normalized spacial score (nSPS) is 15.1. The van der Waals surface area contributed by atoms with Gasteiger partial charge in [0.1, 0.15) is 0 Å². The number of amides is 2. The van der Waals surface area contributed by atoms with Crippen LogP contribution in [-0.2, 0) is 6.54 Å². The van der Waals surface area contributed by atoms with Crippen LogP contribution in [0.5, 0.6) is 0 Å². The SMILES string of the molecule is Cc1cc(C)c(N2c3ccccc3SC2NC(=O)NCc2ccc(Cl)cc2)c(C)c1. The number of nitrogens with zero attached hydrogens (tertiary/aromatic N) is 1. The molecule has 6 heteroatoms. The zero-order valence-corrected chi connectivity index (χ0v) is 18.8. The molecule has 0 bridgehead atoms. The van der Waals surface area contributed by atoms with Crippen LogP contribution in [0.15, 0.2) is 65.6 Å². The predicted molar refractivity (Wildman–Crippen MR) is 126 cm³/mol. The summed E-state index contributed by atoms with van der Waals surface area (Å²) >= 11 is 7.58. The molecule has 30 heavy (non-hydrogen) atoms. The van der Waals surface area contributed by atoms with E-state index in [-0.39, 0.29) is 11.5 Å². The number of fused-ring (bicyclic) bond motifs is 1. The van der Waals surface area contributed by atoms with Crippen LogP contribution in [0.2, 0.25) is 5.02 Å². The van der Waals surface area contributed by atoms with Crippen molar-refractivity contribution < 1.29 is 4.79 Å². The average Bonchev–Trinajstić information content (AvgIpc) is 3.04. The van der Waals surface area contributed by atoms with Gasteiger partial charge in [-0.15, -0.1) is 0 Å². The molecule has 2 N–H and O–H groups in total. The number of urea groups is 1. The number of halogens is 1. The van der Waals surface area contributed by atoms with E-state index in [1.807, 2.05) is 36.4 Å². The zero-order valence-electron chi connectivity index (χ0n) is 17.2. The lowest BCUT2D eigenvalue weighted by molar-refractivity contribution is 0.240. The van der Waals surface area contributed by atoms with Gasteiger partial charge in [-0.25, -0.2) is 4.79 Å². The summed E-state index contributed by atoms with van der Waals surface area (Å²) in [4.78, 5) is 16.1. The van der Waals surface area contributed by atoms with Gasteiger partial charge in [0.05, 0.1) is 5.69 Å². The third-order valence-electron chi connectivity index (χ3n) is 5.10. The van der Waals surface area contributed by atoms with E-state index in [0.29, 0.717) is 11.6 Å². The maximum absolute atomic E-state index is 12.7. The van der Waals surface area contributed by atoms with Gasteiger partial charge in [0.15, 0.2) is 5.50 Å². The van der Waals surface area contributed by atoms with Gasteiger partial charge in [-0.2, -0.15) is 0 Å². The molecule has 1 unspecified atom stereocenters. The second-order valence-electron chi connectivity index (χ2n) is 7.51. The first-order chi connectivity index (χ1) is 14.4. The number of anilines is 2. The minimum absolute atomic E-state index is 0.206. The number of rotatable bonds is 4. The number of carbonyl (C=O) groups excluding carboxylic acids is 1. The van der Waals surface area contributed by atoms with Crippen molar-refractivity contribution in [3.63, 3.8) is 0 Å².